The van der Waals surface area contributed by atoms with Crippen LogP contribution in [0.3, 0.4) is 0 Å². The van der Waals surface area contributed by atoms with Crippen LogP contribution in [0.1, 0.15) is 23.6 Å². The smallest absolute Gasteiger partial charge is 0.242 e. The lowest BCUT2D eigenvalue weighted by molar-refractivity contribution is 0.262. The van der Waals surface area contributed by atoms with Gasteiger partial charge in [0.1, 0.15) is 5.75 Å². The first kappa shape index (κ1) is 22.4. The molecule has 0 aliphatic carbocycles. The van der Waals surface area contributed by atoms with Crippen LogP contribution in [-0.2, 0) is 16.6 Å². The van der Waals surface area contributed by atoms with E-state index in [4.69, 9.17) is 10.5 Å². The van der Waals surface area contributed by atoms with Gasteiger partial charge in [-0.05, 0) is 23.8 Å². The molecule has 0 spiro atoms. The lowest BCUT2D eigenvalue weighted by Crippen LogP contribution is -2.37. The number of sulfonamides is 1. The second kappa shape index (κ2) is 9.57. The average molecular weight is 516 g/mol. The Kier molecular flexibility index (Phi) is 7.67. The topological polar surface area (TPSA) is 97.0 Å². The molecule has 28 heavy (non-hydrogen) atoms. The molecule has 2 aromatic rings. The minimum absolute atomic E-state index is 0. The number of benzene rings is 2. The highest BCUT2D eigenvalue weighted by molar-refractivity contribution is 14.0. The summed E-state index contributed by atoms with van der Waals surface area (Å²) < 4.78 is 31.0. The maximum absolute atomic E-state index is 12.1. The maximum Gasteiger partial charge on any atom is 0.242 e. The molecular weight excluding hydrogens is 491 g/mol. The lowest BCUT2D eigenvalue weighted by atomic mass is 10.0. The van der Waals surface area contributed by atoms with Crippen molar-refractivity contribution in [2.24, 2.45) is 10.7 Å². The fourth-order valence-corrected chi connectivity index (χ4v) is 3.77. The third kappa shape index (κ3) is 5.15. The molecule has 1 aliphatic heterocycles. The van der Waals surface area contributed by atoms with Gasteiger partial charge in [0, 0.05) is 26.1 Å². The highest BCUT2D eigenvalue weighted by atomic mass is 127. The van der Waals surface area contributed by atoms with Crippen LogP contribution in [0.2, 0.25) is 0 Å². The van der Waals surface area contributed by atoms with Crippen molar-refractivity contribution in [2.75, 3.05) is 20.7 Å². The molecule has 7 nitrogen and oxygen atoms in total. The van der Waals surface area contributed by atoms with E-state index in [1.165, 1.54) is 18.4 Å². The van der Waals surface area contributed by atoms with E-state index in [1.54, 1.807) is 24.3 Å². The molecule has 3 N–H and O–H groups in total. The van der Waals surface area contributed by atoms with Gasteiger partial charge in [0.2, 0.25) is 10.0 Å². The van der Waals surface area contributed by atoms with Gasteiger partial charge in [-0.15, -0.1) is 24.0 Å². The van der Waals surface area contributed by atoms with Gasteiger partial charge in [-0.3, -0.25) is 0 Å². The van der Waals surface area contributed by atoms with Crippen molar-refractivity contribution in [1.82, 2.24) is 9.62 Å². The van der Waals surface area contributed by atoms with Gasteiger partial charge in [-0.25, -0.2) is 17.7 Å². The van der Waals surface area contributed by atoms with Crippen LogP contribution < -0.4 is 15.8 Å². The summed E-state index contributed by atoms with van der Waals surface area (Å²) >= 11 is 0. The highest BCUT2D eigenvalue weighted by Crippen LogP contribution is 2.31. The standard InChI is InChI=1S/C19H24N4O3S.HI/c1-23(2)27(24,25)15-9-7-14(8-10-15)13-21-19(20)22-17-11-12-26-18-6-4-3-5-16(17)18;/h3-10,17H,11-13H2,1-2H3,(H3,20,21,22);1H. The zero-order chi connectivity index (χ0) is 19.4. The van der Waals surface area contributed by atoms with Crippen LogP contribution in [0.5, 0.6) is 5.75 Å². The predicted octanol–water partition coefficient (Wildman–Crippen LogP) is 2.48. The zero-order valence-electron chi connectivity index (χ0n) is 15.8. The Morgan fingerprint density at radius 3 is 2.57 bits per heavy atom. The number of para-hydroxylation sites is 1. The van der Waals surface area contributed by atoms with Crippen molar-refractivity contribution in [3.63, 3.8) is 0 Å². The Hall–Kier alpha value is -1.85. The van der Waals surface area contributed by atoms with Crippen LogP contribution >= 0.6 is 24.0 Å². The van der Waals surface area contributed by atoms with E-state index in [-0.39, 0.29) is 34.9 Å². The molecule has 1 heterocycles. The summed E-state index contributed by atoms with van der Waals surface area (Å²) in [5.74, 6) is 1.22. The first-order valence-electron chi connectivity index (χ1n) is 8.67. The Morgan fingerprint density at radius 2 is 1.89 bits per heavy atom. The van der Waals surface area contributed by atoms with Crippen molar-refractivity contribution in [3.05, 3.63) is 59.7 Å². The van der Waals surface area contributed by atoms with Gasteiger partial charge in [0.25, 0.3) is 0 Å². The SMILES string of the molecule is CN(C)S(=O)(=O)c1ccc(CN=C(N)NC2CCOc3ccccc32)cc1.I. The van der Waals surface area contributed by atoms with Crippen molar-refractivity contribution < 1.29 is 13.2 Å². The molecule has 0 radical (unpaired) electrons. The third-order valence-corrected chi connectivity index (χ3v) is 6.24. The molecule has 0 saturated carbocycles. The predicted molar refractivity (Wildman–Crippen MR) is 120 cm³/mol. The quantitative estimate of drug-likeness (QED) is 0.362. The average Bonchev–Trinajstić information content (AvgIpc) is 2.67. The van der Waals surface area contributed by atoms with Crippen LogP contribution in [0.4, 0.5) is 0 Å². The number of nitrogens with two attached hydrogens (primary N) is 1. The Labute approximate surface area is 183 Å². The largest absolute Gasteiger partial charge is 0.493 e. The number of hydrogen-bond acceptors (Lipinski definition) is 4. The van der Waals surface area contributed by atoms with E-state index in [0.717, 1.165) is 23.3 Å². The second-order valence-electron chi connectivity index (χ2n) is 6.50. The fraction of sp³-hybridized carbons (Fsp3) is 0.316. The van der Waals surface area contributed by atoms with E-state index in [9.17, 15) is 8.42 Å². The Morgan fingerprint density at radius 1 is 1.21 bits per heavy atom. The molecule has 9 heteroatoms. The monoisotopic (exact) mass is 516 g/mol. The Balaban J connectivity index is 0.00000280. The van der Waals surface area contributed by atoms with Crippen LogP contribution in [0.15, 0.2) is 58.4 Å². The van der Waals surface area contributed by atoms with E-state index < -0.39 is 10.0 Å². The van der Waals surface area contributed by atoms with Gasteiger partial charge in [-0.1, -0.05) is 30.3 Å². The molecule has 0 fully saturated rings. The first-order chi connectivity index (χ1) is 12.9. The third-order valence-electron chi connectivity index (χ3n) is 4.41. The molecular formula is C19H25IN4O3S. The molecule has 152 valence electrons. The number of aliphatic imine (C=N–C) groups is 1. The summed E-state index contributed by atoms with van der Waals surface area (Å²) in [4.78, 5) is 4.63. The van der Waals surface area contributed by atoms with Crippen molar-refractivity contribution in [2.45, 2.75) is 23.9 Å². The fourth-order valence-electron chi connectivity index (χ4n) is 2.87. The number of ether oxygens (including phenoxy) is 1. The number of rotatable bonds is 5. The number of halogens is 1. The van der Waals surface area contributed by atoms with Crippen LogP contribution in [0, 0.1) is 0 Å². The molecule has 1 unspecified atom stereocenters. The molecule has 3 rings (SSSR count). The molecule has 1 aliphatic rings. The van der Waals surface area contributed by atoms with Crippen molar-refractivity contribution in [3.8, 4) is 5.75 Å². The van der Waals surface area contributed by atoms with E-state index in [0.29, 0.717) is 19.1 Å². The van der Waals surface area contributed by atoms with Gasteiger partial charge >= 0.3 is 0 Å². The Bertz CT molecular complexity index is 930. The number of fused-ring (bicyclic) bond motifs is 1. The first-order valence-corrected chi connectivity index (χ1v) is 10.1. The second-order valence-corrected chi connectivity index (χ2v) is 8.66. The molecule has 2 aromatic carbocycles. The number of nitrogens with one attached hydrogen (secondary N) is 1. The summed E-state index contributed by atoms with van der Waals surface area (Å²) in [7, 11) is -0.407. The van der Waals surface area contributed by atoms with Gasteiger partial charge in [0.05, 0.1) is 24.1 Å². The number of nitrogens with zero attached hydrogens (tertiary/aromatic N) is 2. The molecule has 0 saturated heterocycles. The maximum atomic E-state index is 12.1. The minimum atomic E-state index is -3.42. The number of hydrogen-bond donors (Lipinski definition) is 2. The van der Waals surface area contributed by atoms with E-state index in [2.05, 4.69) is 10.3 Å². The minimum Gasteiger partial charge on any atom is -0.493 e. The number of guanidine groups is 1. The molecule has 0 bridgehead atoms. The molecule has 0 amide bonds. The summed E-state index contributed by atoms with van der Waals surface area (Å²) in [6.45, 7) is 0.996. The zero-order valence-corrected chi connectivity index (χ0v) is 19.0. The highest BCUT2D eigenvalue weighted by Gasteiger charge is 2.21. The summed E-state index contributed by atoms with van der Waals surface area (Å²) in [6.07, 6.45) is 0.810. The van der Waals surface area contributed by atoms with Crippen LogP contribution in [0.25, 0.3) is 0 Å². The molecule has 1 atom stereocenters. The molecule has 0 aromatic heterocycles. The van der Waals surface area contributed by atoms with Crippen molar-refractivity contribution >= 4 is 40.0 Å². The summed E-state index contributed by atoms with van der Waals surface area (Å²) in [5, 5.41) is 3.24. The van der Waals surface area contributed by atoms with Crippen LogP contribution in [-0.4, -0.2) is 39.4 Å². The normalized spacial score (nSPS) is 16.7. The lowest BCUT2D eigenvalue weighted by Gasteiger charge is -2.26. The summed E-state index contributed by atoms with van der Waals surface area (Å²) in [6, 6.07) is 14.6. The summed E-state index contributed by atoms with van der Waals surface area (Å²) in [5.41, 5.74) is 7.99. The van der Waals surface area contributed by atoms with Gasteiger partial charge < -0.3 is 15.8 Å². The van der Waals surface area contributed by atoms with E-state index >= 15 is 0 Å². The van der Waals surface area contributed by atoms with Crippen molar-refractivity contribution in [1.29, 1.82) is 0 Å². The van der Waals surface area contributed by atoms with E-state index in [1.807, 2.05) is 24.3 Å². The van der Waals surface area contributed by atoms with Gasteiger partial charge in [-0.2, -0.15) is 0 Å². The van der Waals surface area contributed by atoms with Gasteiger partial charge in [0.15, 0.2) is 5.96 Å².